The Balaban J connectivity index is 3.59. The van der Waals surface area contributed by atoms with E-state index >= 15 is 0 Å². The number of halogens is 5. The van der Waals surface area contributed by atoms with Crippen LogP contribution in [-0.4, -0.2) is 13.4 Å². The summed E-state index contributed by atoms with van der Waals surface area (Å²) in [7, 11) is 0.831. The Morgan fingerprint density at radius 1 is 1.47 bits per heavy atom. The lowest BCUT2D eigenvalue weighted by atomic mass is 10.3. The molecule has 0 saturated carbocycles. The SMILES string of the molecule is O=S(=O)(Cl)c1c(Cl)cnc(C(F)F)c1Br. The van der Waals surface area contributed by atoms with Gasteiger partial charge in [-0.3, -0.25) is 4.98 Å². The molecule has 0 radical (unpaired) electrons. The second-order valence-corrected chi connectivity index (χ2v) is 6.08. The number of alkyl halides is 2. The zero-order valence-corrected chi connectivity index (χ0v) is 10.6. The summed E-state index contributed by atoms with van der Waals surface area (Å²) in [6.07, 6.45) is -2.11. The third-order valence-corrected chi connectivity index (χ3v) is 4.25. The summed E-state index contributed by atoms with van der Waals surface area (Å²) in [5, 5.41) is -0.318. The predicted molar refractivity (Wildman–Crippen MR) is 54.9 cm³/mol. The average Bonchev–Trinajstić information content (AvgIpc) is 2.00. The van der Waals surface area contributed by atoms with Crippen LogP contribution >= 0.6 is 38.2 Å². The van der Waals surface area contributed by atoms with Crippen molar-refractivity contribution in [1.29, 1.82) is 0 Å². The third-order valence-electron chi connectivity index (χ3n) is 1.41. The lowest BCUT2D eigenvalue weighted by Crippen LogP contribution is -2.00. The smallest absolute Gasteiger partial charge is 0.252 e. The van der Waals surface area contributed by atoms with Crippen LogP contribution in [0.4, 0.5) is 8.78 Å². The van der Waals surface area contributed by atoms with E-state index in [1.807, 2.05) is 0 Å². The van der Waals surface area contributed by atoms with E-state index in [4.69, 9.17) is 22.3 Å². The molecule has 84 valence electrons. The van der Waals surface area contributed by atoms with Gasteiger partial charge in [0.15, 0.2) is 0 Å². The number of hydrogen-bond donors (Lipinski definition) is 0. The van der Waals surface area contributed by atoms with E-state index in [2.05, 4.69) is 20.9 Å². The Hall–Kier alpha value is 0.0200. The van der Waals surface area contributed by atoms with Gasteiger partial charge >= 0.3 is 0 Å². The zero-order valence-electron chi connectivity index (χ0n) is 6.72. The molecule has 1 aromatic heterocycles. The van der Waals surface area contributed by atoms with Crippen molar-refractivity contribution in [1.82, 2.24) is 4.98 Å². The maximum atomic E-state index is 12.4. The van der Waals surface area contributed by atoms with Crippen molar-refractivity contribution in [3.05, 3.63) is 21.4 Å². The lowest BCUT2D eigenvalue weighted by Gasteiger charge is -2.07. The van der Waals surface area contributed by atoms with Crippen LogP contribution in [-0.2, 0) is 9.05 Å². The van der Waals surface area contributed by atoms with Gasteiger partial charge in [-0.2, -0.15) is 0 Å². The first-order chi connectivity index (χ1) is 6.75. The molecule has 0 bridgehead atoms. The second-order valence-electron chi connectivity index (χ2n) is 2.37. The molecule has 0 saturated heterocycles. The number of rotatable bonds is 2. The molecule has 0 atom stereocenters. The summed E-state index contributed by atoms with van der Waals surface area (Å²) < 4.78 is 46.3. The molecule has 9 heteroatoms. The molecule has 1 rings (SSSR count). The van der Waals surface area contributed by atoms with Crippen molar-refractivity contribution in [3.8, 4) is 0 Å². The van der Waals surface area contributed by atoms with Crippen molar-refractivity contribution in [3.63, 3.8) is 0 Å². The Bertz CT molecular complexity index is 494. The highest BCUT2D eigenvalue weighted by molar-refractivity contribution is 9.10. The normalized spacial score (nSPS) is 12.1. The van der Waals surface area contributed by atoms with Gasteiger partial charge in [-0.1, -0.05) is 11.6 Å². The minimum absolute atomic E-state index is 0.318. The highest BCUT2D eigenvalue weighted by Gasteiger charge is 2.25. The summed E-state index contributed by atoms with van der Waals surface area (Å²) in [4.78, 5) is 2.70. The van der Waals surface area contributed by atoms with Gasteiger partial charge in [0.25, 0.3) is 15.5 Å². The second kappa shape index (κ2) is 4.48. The molecule has 0 amide bonds. The van der Waals surface area contributed by atoms with Crippen molar-refractivity contribution in [2.24, 2.45) is 0 Å². The molecular formula is C6H2BrCl2F2NO2S. The fraction of sp³-hybridized carbons (Fsp3) is 0.167. The molecule has 0 spiro atoms. The van der Waals surface area contributed by atoms with Crippen LogP contribution in [0.3, 0.4) is 0 Å². The zero-order chi connectivity index (χ0) is 11.8. The van der Waals surface area contributed by atoms with Gasteiger partial charge in [-0.15, -0.1) is 0 Å². The number of hydrogen-bond acceptors (Lipinski definition) is 3. The van der Waals surface area contributed by atoms with E-state index in [1.54, 1.807) is 0 Å². The Morgan fingerprint density at radius 2 is 2.00 bits per heavy atom. The average molecular weight is 341 g/mol. The van der Waals surface area contributed by atoms with E-state index in [1.165, 1.54) is 0 Å². The van der Waals surface area contributed by atoms with Gasteiger partial charge < -0.3 is 0 Å². The Kier molecular flexibility index (Phi) is 3.91. The van der Waals surface area contributed by atoms with Gasteiger partial charge in [0, 0.05) is 16.9 Å². The molecule has 0 fully saturated rings. The van der Waals surface area contributed by atoms with Crippen molar-refractivity contribution in [2.75, 3.05) is 0 Å². The molecule has 1 aromatic rings. The third kappa shape index (κ3) is 2.77. The molecule has 15 heavy (non-hydrogen) atoms. The number of nitrogens with zero attached hydrogens (tertiary/aromatic N) is 1. The fourth-order valence-electron chi connectivity index (χ4n) is 0.838. The van der Waals surface area contributed by atoms with E-state index < -0.39 is 30.5 Å². The summed E-state index contributed by atoms with van der Waals surface area (Å²) in [5.74, 6) is 0. The van der Waals surface area contributed by atoms with Crippen LogP contribution in [0.2, 0.25) is 5.02 Å². The predicted octanol–water partition coefficient (Wildman–Crippen LogP) is 3.36. The van der Waals surface area contributed by atoms with Crippen LogP contribution in [0, 0.1) is 0 Å². The van der Waals surface area contributed by atoms with Gasteiger partial charge in [0.05, 0.1) is 9.50 Å². The maximum Gasteiger partial charge on any atom is 0.281 e. The highest BCUT2D eigenvalue weighted by atomic mass is 79.9. The molecule has 0 aliphatic carbocycles. The topological polar surface area (TPSA) is 47.0 Å². The monoisotopic (exact) mass is 339 g/mol. The van der Waals surface area contributed by atoms with Crippen LogP contribution < -0.4 is 0 Å². The van der Waals surface area contributed by atoms with Crippen molar-refractivity contribution >= 4 is 47.3 Å². The first-order valence-electron chi connectivity index (χ1n) is 3.32. The van der Waals surface area contributed by atoms with Crippen molar-refractivity contribution < 1.29 is 17.2 Å². The number of pyridine rings is 1. The molecule has 0 aromatic carbocycles. The summed E-state index contributed by atoms with van der Waals surface area (Å²) in [5.41, 5.74) is -0.723. The first kappa shape index (κ1) is 13.1. The quantitative estimate of drug-likeness (QED) is 0.775. The maximum absolute atomic E-state index is 12.4. The minimum Gasteiger partial charge on any atom is -0.252 e. The highest BCUT2D eigenvalue weighted by Crippen LogP contribution is 2.36. The van der Waals surface area contributed by atoms with E-state index in [0.29, 0.717) is 0 Å². The van der Waals surface area contributed by atoms with Crippen LogP contribution in [0.1, 0.15) is 12.1 Å². The van der Waals surface area contributed by atoms with Crippen LogP contribution in [0.5, 0.6) is 0 Å². The molecule has 0 aliphatic heterocycles. The first-order valence-corrected chi connectivity index (χ1v) is 6.80. The van der Waals surface area contributed by atoms with Crippen LogP contribution in [0.15, 0.2) is 15.6 Å². The standard InChI is InChI=1S/C6H2BrCl2F2NO2S/c7-3-4(6(10)11)12-1-2(8)5(3)15(9,13)14/h1,6H. The fourth-order valence-corrected chi connectivity index (χ4v) is 4.01. The molecular weight excluding hydrogens is 339 g/mol. The molecule has 0 N–H and O–H groups in total. The van der Waals surface area contributed by atoms with Gasteiger partial charge in [0.1, 0.15) is 10.6 Å². The summed E-state index contributed by atoms with van der Waals surface area (Å²) in [6, 6.07) is 0. The van der Waals surface area contributed by atoms with E-state index in [9.17, 15) is 17.2 Å². The summed E-state index contributed by atoms with van der Waals surface area (Å²) in [6.45, 7) is 0. The molecule has 3 nitrogen and oxygen atoms in total. The Morgan fingerprint density at radius 3 is 2.40 bits per heavy atom. The van der Waals surface area contributed by atoms with E-state index in [0.717, 1.165) is 6.20 Å². The van der Waals surface area contributed by atoms with Crippen LogP contribution in [0.25, 0.3) is 0 Å². The molecule has 0 unspecified atom stereocenters. The molecule has 1 heterocycles. The Labute approximate surface area is 102 Å². The number of aromatic nitrogens is 1. The van der Waals surface area contributed by atoms with Gasteiger partial charge in [0.2, 0.25) is 0 Å². The van der Waals surface area contributed by atoms with Gasteiger partial charge in [-0.05, 0) is 15.9 Å². The minimum atomic E-state index is -4.20. The van der Waals surface area contributed by atoms with E-state index in [-0.39, 0.29) is 5.02 Å². The summed E-state index contributed by atoms with van der Waals surface area (Å²) >= 11 is 8.17. The van der Waals surface area contributed by atoms with Gasteiger partial charge in [-0.25, -0.2) is 17.2 Å². The van der Waals surface area contributed by atoms with Crippen molar-refractivity contribution in [2.45, 2.75) is 11.3 Å². The molecule has 0 aliphatic rings. The lowest BCUT2D eigenvalue weighted by molar-refractivity contribution is 0.145. The largest absolute Gasteiger partial charge is 0.281 e.